The highest BCUT2D eigenvalue weighted by Crippen LogP contribution is 2.04. The molecule has 1 aromatic rings. The number of aromatic nitrogens is 2. The van der Waals surface area contributed by atoms with Crippen LogP contribution in [0.2, 0.25) is 0 Å². The summed E-state index contributed by atoms with van der Waals surface area (Å²) in [6.07, 6.45) is 3.20. The summed E-state index contributed by atoms with van der Waals surface area (Å²) >= 11 is 0. The highest BCUT2D eigenvalue weighted by molar-refractivity contribution is 6.39. The molecule has 0 aliphatic rings. The fourth-order valence-electron chi connectivity index (χ4n) is 0.900. The average molecular weight is 221 g/mol. The summed E-state index contributed by atoms with van der Waals surface area (Å²) in [7, 11) is 0. The molecule has 1 rings (SSSR count). The maximum Gasteiger partial charge on any atom is 0.378 e. The molecule has 6 nitrogen and oxygen atoms in total. The highest BCUT2D eigenvalue weighted by atomic mass is 16.5. The number of hydrogen-bond acceptors (Lipinski definition) is 6. The van der Waals surface area contributed by atoms with Gasteiger partial charge in [-0.05, 0) is 24.6 Å². The molecule has 0 aromatic carbocycles. The Hall–Kier alpha value is -2.24. The van der Waals surface area contributed by atoms with Crippen molar-refractivity contribution in [1.29, 1.82) is 0 Å². The molecular formula is C10H9N2O4-. The normalized spacial score (nSPS) is 10.9. The summed E-state index contributed by atoms with van der Waals surface area (Å²) in [6, 6.07) is 1.39. The molecule has 1 aromatic heterocycles. The zero-order valence-electron chi connectivity index (χ0n) is 8.54. The first kappa shape index (κ1) is 11.8. The fraction of sp³-hybridized carbons (Fsp3) is 0.200. The Morgan fingerprint density at radius 1 is 1.50 bits per heavy atom. The number of ether oxygens (including phenoxy) is 1. The Bertz CT molecular complexity index is 414. The Morgan fingerprint density at radius 2 is 2.25 bits per heavy atom. The van der Waals surface area contributed by atoms with E-state index in [0.717, 1.165) is 0 Å². The second-order valence-electron chi connectivity index (χ2n) is 2.72. The van der Waals surface area contributed by atoms with Crippen molar-refractivity contribution >= 4 is 17.5 Å². The fourth-order valence-corrected chi connectivity index (χ4v) is 0.900. The third kappa shape index (κ3) is 3.16. The summed E-state index contributed by atoms with van der Waals surface area (Å²) < 4.78 is 4.44. The molecule has 0 bridgehead atoms. The second kappa shape index (κ2) is 5.59. The van der Waals surface area contributed by atoms with E-state index in [1.54, 1.807) is 6.92 Å². The number of rotatable bonds is 4. The van der Waals surface area contributed by atoms with Crippen molar-refractivity contribution in [3.05, 3.63) is 30.1 Å². The first-order chi connectivity index (χ1) is 7.65. The van der Waals surface area contributed by atoms with Crippen LogP contribution in [0, 0.1) is 0 Å². The largest absolute Gasteiger partial charge is 0.872 e. The van der Waals surface area contributed by atoms with Gasteiger partial charge in [0.25, 0.3) is 5.78 Å². The number of nitrogens with zero attached hydrogens (tertiary/aromatic N) is 2. The van der Waals surface area contributed by atoms with Crippen molar-refractivity contribution in [1.82, 2.24) is 10.2 Å². The predicted molar refractivity (Wildman–Crippen MR) is 51.6 cm³/mol. The Balaban J connectivity index is 2.78. The van der Waals surface area contributed by atoms with Crippen LogP contribution in [-0.2, 0) is 14.3 Å². The van der Waals surface area contributed by atoms with E-state index >= 15 is 0 Å². The molecular weight excluding hydrogens is 212 g/mol. The van der Waals surface area contributed by atoms with Crippen molar-refractivity contribution in [3.63, 3.8) is 0 Å². The third-order valence-electron chi connectivity index (χ3n) is 1.61. The van der Waals surface area contributed by atoms with Crippen LogP contribution in [0.3, 0.4) is 0 Å². The molecule has 84 valence electrons. The van der Waals surface area contributed by atoms with Gasteiger partial charge in [0.05, 0.1) is 19.0 Å². The van der Waals surface area contributed by atoms with E-state index in [1.807, 2.05) is 0 Å². The maximum atomic E-state index is 11.4. The lowest BCUT2D eigenvalue weighted by Gasteiger charge is -2.09. The third-order valence-corrected chi connectivity index (χ3v) is 1.61. The minimum atomic E-state index is -1.04. The first-order valence-electron chi connectivity index (χ1n) is 4.52. The zero-order chi connectivity index (χ0) is 12.0. The molecule has 16 heavy (non-hydrogen) atoms. The maximum absolute atomic E-state index is 11.4. The van der Waals surface area contributed by atoms with Gasteiger partial charge in [-0.15, -0.1) is 0 Å². The molecule has 0 amide bonds. The molecule has 0 saturated carbocycles. The van der Waals surface area contributed by atoms with Crippen LogP contribution in [0.15, 0.2) is 24.5 Å². The predicted octanol–water partition coefficient (Wildman–Crippen LogP) is -0.690. The smallest absolute Gasteiger partial charge is 0.378 e. The number of ketones is 1. The van der Waals surface area contributed by atoms with E-state index < -0.39 is 17.5 Å². The molecule has 0 radical (unpaired) electrons. The lowest BCUT2D eigenvalue weighted by Crippen LogP contribution is -2.17. The van der Waals surface area contributed by atoms with Gasteiger partial charge in [-0.2, -0.15) is 10.2 Å². The summed E-state index contributed by atoms with van der Waals surface area (Å²) in [4.78, 5) is 22.1. The molecule has 0 N–H and O–H groups in total. The van der Waals surface area contributed by atoms with Gasteiger partial charge in [0.2, 0.25) is 0 Å². The molecule has 0 atom stereocenters. The van der Waals surface area contributed by atoms with E-state index in [-0.39, 0.29) is 12.2 Å². The monoisotopic (exact) mass is 221 g/mol. The van der Waals surface area contributed by atoms with Gasteiger partial charge in [-0.25, -0.2) is 4.79 Å². The van der Waals surface area contributed by atoms with Crippen molar-refractivity contribution in [2.45, 2.75) is 6.92 Å². The minimum absolute atomic E-state index is 0.0867. The molecule has 0 fully saturated rings. The molecule has 1 heterocycles. The van der Waals surface area contributed by atoms with E-state index in [4.69, 9.17) is 0 Å². The SMILES string of the molecule is CCOC(=O)C(=O)/C=C(\[O-])c1ccnnc1. The number of carbonyl (C=O) groups is 2. The lowest BCUT2D eigenvalue weighted by molar-refractivity contribution is -0.244. The second-order valence-corrected chi connectivity index (χ2v) is 2.72. The van der Waals surface area contributed by atoms with Crippen molar-refractivity contribution in [2.75, 3.05) is 6.61 Å². The van der Waals surface area contributed by atoms with Crippen molar-refractivity contribution < 1.29 is 19.4 Å². The van der Waals surface area contributed by atoms with Crippen LogP contribution in [0.4, 0.5) is 0 Å². The zero-order valence-corrected chi connectivity index (χ0v) is 8.54. The van der Waals surface area contributed by atoms with Crippen LogP contribution in [0.25, 0.3) is 5.76 Å². The average Bonchev–Trinajstić information content (AvgIpc) is 2.30. The summed E-state index contributed by atoms with van der Waals surface area (Å²) in [5.74, 6) is -2.63. The van der Waals surface area contributed by atoms with E-state index in [2.05, 4.69) is 14.9 Å². The Labute approximate surface area is 91.6 Å². The number of esters is 1. The van der Waals surface area contributed by atoms with Crippen LogP contribution < -0.4 is 5.11 Å². The summed E-state index contributed by atoms with van der Waals surface area (Å²) in [5, 5.41) is 18.4. The molecule has 0 aliphatic carbocycles. The first-order valence-corrected chi connectivity index (χ1v) is 4.52. The summed E-state index contributed by atoms with van der Waals surface area (Å²) in [6.45, 7) is 1.66. The van der Waals surface area contributed by atoms with Gasteiger partial charge >= 0.3 is 5.97 Å². The van der Waals surface area contributed by atoms with Crippen LogP contribution >= 0.6 is 0 Å². The van der Waals surface area contributed by atoms with Gasteiger partial charge in [0.1, 0.15) is 0 Å². The van der Waals surface area contributed by atoms with Crippen molar-refractivity contribution in [2.24, 2.45) is 0 Å². The molecule has 0 aliphatic heterocycles. The van der Waals surface area contributed by atoms with Gasteiger partial charge < -0.3 is 9.84 Å². The molecule has 6 heteroatoms. The molecule has 0 spiro atoms. The van der Waals surface area contributed by atoms with Crippen LogP contribution in [-0.4, -0.2) is 28.6 Å². The van der Waals surface area contributed by atoms with Gasteiger partial charge in [-0.1, -0.05) is 5.76 Å². The van der Waals surface area contributed by atoms with E-state index in [1.165, 1.54) is 18.5 Å². The standard InChI is InChI=1S/C10H10N2O4/c1-2-16-10(15)9(14)5-8(13)7-3-4-11-12-6-7/h3-6,13H,2H2,1H3/p-1/b8-5-. The van der Waals surface area contributed by atoms with Gasteiger partial charge in [0.15, 0.2) is 0 Å². The molecule has 0 saturated heterocycles. The van der Waals surface area contributed by atoms with Crippen LogP contribution in [0.5, 0.6) is 0 Å². The number of hydrogen-bond donors (Lipinski definition) is 0. The Kier molecular flexibility index (Phi) is 4.14. The van der Waals surface area contributed by atoms with Gasteiger partial charge in [-0.3, -0.25) is 4.79 Å². The molecule has 0 unspecified atom stereocenters. The summed E-state index contributed by atoms with van der Waals surface area (Å²) in [5.41, 5.74) is 0.188. The topological polar surface area (TPSA) is 92.2 Å². The van der Waals surface area contributed by atoms with Crippen LogP contribution in [0.1, 0.15) is 12.5 Å². The lowest BCUT2D eigenvalue weighted by atomic mass is 10.2. The van der Waals surface area contributed by atoms with E-state index in [0.29, 0.717) is 6.08 Å². The Morgan fingerprint density at radius 3 is 2.81 bits per heavy atom. The number of carbonyl (C=O) groups excluding carboxylic acids is 2. The van der Waals surface area contributed by atoms with Gasteiger partial charge in [0, 0.05) is 0 Å². The highest BCUT2D eigenvalue weighted by Gasteiger charge is 2.10. The minimum Gasteiger partial charge on any atom is -0.872 e. The van der Waals surface area contributed by atoms with Crippen molar-refractivity contribution in [3.8, 4) is 0 Å². The van der Waals surface area contributed by atoms with E-state index in [9.17, 15) is 14.7 Å². The quantitative estimate of drug-likeness (QED) is 0.289.